The monoisotopic (exact) mass is 402 g/mol. The van der Waals surface area contributed by atoms with Gasteiger partial charge in [-0.25, -0.2) is 4.39 Å². The molecule has 0 N–H and O–H groups in total. The molecule has 0 fully saturated rings. The number of fused-ring (bicyclic) bond motifs is 2. The van der Waals surface area contributed by atoms with Crippen molar-refractivity contribution in [1.82, 2.24) is 29.8 Å². The molecule has 5 rings (SSSR count). The van der Waals surface area contributed by atoms with Gasteiger partial charge < -0.3 is 9.47 Å². The molecule has 0 aliphatic heterocycles. The molecule has 30 heavy (non-hydrogen) atoms. The van der Waals surface area contributed by atoms with Gasteiger partial charge in [0.25, 0.3) is 0 Å². The summed E-state index contributed by atoms with van der Waals surface area (Å²) in [6.07, 6.45) is 4.37. The molecule has 1 aromatic carbocycles. The van der Waals surface area contributed by atoms with Gasteiger partial charge in [0.15, 0.2) is 11.5 Å². The van der Waals surface area contributed by atoms with E-state index >= 15 is 0 Å². The molecular formula is C21H15FN6O2. The number of nitrogens with zero attached hydrogens (tertiary/aromatic N) is 6. The third-order valence-corrected chi connectivity index (χ3v) is 4.59. The van der Waals surface area contributed by atoms with Crippen molar-refractivity contribution in [3.8, 4) is 22.8 Å². The summed E-state index contributed by atoms with van der Waals surface area (Å²) in [6.45, 7) is 0.143. The SMILES string of the molecule is COc1ccc2c(OCc3nnc4ccc(-c5cncc(F)c5)nn34)ccnc2c1. The summed E-state index contributed by atoms with van der Waals surface area (Å²) in [6, 6.07) is 12.3. The number of ether oxygens (including phenoxy) is 2. The van der Waals surface area contributed by atoms with Gasteiger partial charge in [-0.1, -0.05) is 0 Å². The van der Waals surface area contributed by atoms with Crippen LogP contribution in [0.2, 0.25) is 0 Å². The van der Waals surface area contributed by atoms with Crippen LogP contribution in [0.4, 0.5) is 4.39 Å². The average Bonchev–Trinajstić information content (AvgIpc) is 3.19. The van der Waals surface area contributed by atoms with E-state index in [0.717, 1.165) is 22.8 Å². The Labute approximate surface area is 170 Å². The van der Waals surface area contributed by atoms with E-state index in [4.69, 9.17) is 9.47 Å². The summed E-state index contributed by atoms with van der Waals surface area (Å²) in [5.74, 6) is 1.46. The molecule has 148 valence electrons. The summed E-state index contributed by atoms with van der Waals surface area (Å²) in [5.41, 5.74) is 2.44. The van der Waals surface area contributed by atoms with Crippen LogP contribution in [-0.2, 0) is 6.61 Å². The zero-order chi connectivity index (χ0) is 20.5. The van der Waals surface area contributed by atoms with Crippen molar-refractivity contribution in [3.63, 3.8) is 0 Å². The maximum atomic E-state index is 13.5. The van der Waals surface area contributed by atoms with Gasteiger partial charge in [0.2, 0.25) is 0 Å². The Balaban J connectivity index is 1.46. The van der Waals surface area contributed by atoms with Gasteiger partial charge in [0.05, 0.1) is 24.5 Å². The van der Waals surface area contributed by atoms with Crippen LogP contribution in [0.25, 0.3) is 27.8 Å². The molecule has 9 heteroatoms. The highest BCUT2D eigenvalue weighted by Gasteiger charge is 2.12. The highest BCUT2D eigenvalue weighted by molar-refractivity contribution is 5.85. The lowest BCUT2D eigenvalue weighted by Gasteiger charge is -2.09. The third kappa shape index (κ3) is 3.26. The molecule has 4 aromatic heterocycles. The lowest BCUT2D eigenvalue weighted by Crippen LogP contribution is -2.05. The van der Waals surface area contributed by atoms with Crippen molar-refractivity contribution in [2.75, 3.05) is 7.11 Å². The van der Waals surface area contributed by atoms with Crippen LogP contribution in [0, 0.1) is 5.82 Å². The molecule has 0 unspecified atom stereocenters. The van der Waals surface area contributed by atoms with Gasteiger partial charge >= 0.3 is 0 Å². The number of methoxy groups -OCH3 is 1. The highest BCUT2D eigenvalue weighted by atomic mass is 19.1. The first kappa shape index (κ1) is 17.9. The minimum Gasteiger partial charge on any atom is -0.497 e. The van der Waals surface area contributed by atoms with Gasteiger partial charge in [-0.05, 0) is 36.4 Å². The molecule has 5 aromatic rings. The molecule has 0 spiro atoms. The van der Waals surface area contributed by atoms with E-state index in [-0.39, 0.29) is 6.61 Å². The van der Waals surface area contributed by atoms with Crippen molar-refractivity contribution in [2.45, 2.75) is 6.61 Å². The van der Waals surface area contributed by atoms with Gasteiger partial charge in [-0.15, -0.1) is 10.2 Å². The molecule has 0 saturated carbocycles. The van der Waals surface area contributed by atoms with Crippen LogP contribution < -0.4 is 9.47 Å². The second kappa shape index (κ2) is 7.36. The van der Waals surface area contributed by atoms with E-state index in [1.54, 1.807) is 42.2 Å². The maximum absolute atomic E-state index is 13.5. The van der Waals surface area contributed by atoms with E-state index in [9.17, 15) is 4.39 Å². The van der Waals surface area contributed by atoms with Crippen LogP contribution >= 0.6 is 0 Å². The third-order valence-electron chi connectivity index (χ3n) is 4.59. The number of halogens is 1. The summed E-state index contributed by atoms with van der Waals surface area (Å²) in [4.78, 5) is 8.23. The molecule has 0 radical (unpaired) electrons. The summed E-state index contributed by atoms with van der Waals surface area (Å²) >= 11 is 0. The standard InChI is InChI=1S/C21H15FN6O2/c1-29-15-2-3-16-18(9-15)24-7-6-19(16)30-12-21-26-25-20-5-4-17(27-28(20)21)13-8-14(22)11-23-10-13/h2-11H,12H2,1H3. The lowest BCUT2D eigenvalue weighted by atomic mass is 10.2. The van der Waals surface area contributed by atoms with Gasteiger partial charge in [-0.2, -0.15) is 9.61 Å². The Hall–Kier alpha value is -4.14. The second-order valence-corrected chi connectivity index (χ2v) is 6.48. The summed E-state index contributed by atoms with van der Waals surface area (Å²) in [7, 11) is 1.61. The van der Waals surface area contributed by atoms with Gasteiger partial charge in [0.1, 0.15) is 23.9 Å². The smallest absolute Gasteiger partial charge is 0.192 e. The van der Waals surface area contributed by atoms with Crippen LogP contribution in [0.1, 0.15) is 5.82 Å². The Morgan fingerprint density at radius 1 is 1.03 bits per heavy atom. The predicted octanol–water partition coefficient (Wildman–Crippen LogP) is 3.46. The Morgan fingerprint density at radius 2 is 1.97 bits per heavy atom. The number of benzene rings is 1. The Kier molecular flexibility index (Phi) is 4.40. The molecule has 0 aliphatic rings. The molecule has 0 bridgehead atoms. The van der Waals surface area contributed by atoms with E-state index in [2.05, 4.69) is 25.3 Å². The van der Waals surface area contributed by atoms with Crippen LogP contribution in [0.3, 0.4) is 0 Å². The van der Waals surface area contributed by atoms with Crippen molar-refractivity contribution < 1.29 is 13.9 Å². The Morgan fingerprint density at radius 3 is 2.83 bits per heavy atom. The quantitative estimate of drug-likeness (QED) is 0.445. The molecule has 0 amide bonds. The van der Waals surface area contributed by atoms with Crippen molar-refractivity contribution in [2.24, 2.45) is 0 Å². The van der Waals surface area contributed by atoms with Crippen LogP contribution in [0.5, 0.6) is 11.5 Å². The van der Waals surface area contributed by atoms with Crippen LogP contribution in [0.15, 0.2) is 61.1 Å². The topological polar surface area (TPSA) is 87.3 Å². The normalized spacial score (nSPS) is 11.1. The second-order valence-electron chi connectivity index (χ2n) is 6.48. The minimum atomic E-state index is -0.428. The van der Waals surface area contributed by atoms with Crippen molar-refractivity contribution >= 4 is 16.6 Å². The summed E-state index contributed by atoms with van der Waals surface area (Å²) in [5, 5.41) is 13.7. The molecule has 0 aliphatic carbocycles. The van der Waals surface area contributed by atoms with E-state index in [1.807, 2.05) is 18.2 Å². The first-order valence-corrected chi connectivity index (χ1v) is 9.09. The largest absolute Gasteiger partial charge is 0.497 e. The van der Waals surface area contributed by atoms with Crippen LogP contribution in [-0.4, -0.2) is 36.9 Å². The van der Waals surface area contributed by atoms with Crippen molar-refractivity contribution in [1.29, 1.82) is 0 Å². The fourth-order valence-electron chi connectivity index (χ4n) is 3.13. The van der Waals surface area contributed by atoms with E-state index in [1.165, 1.54) is 6.07 Å². The zero-order valence-corrected chi connectivity index (χ0v) is 15.9. The maximum Gasteiger partial charge on any atom is 0.192 e. The molecule has 4 heterocycles. The minimum absolute atomic E-state index is 0.143. The number of rotatable bonds is 5. The first-order valence-electron chi connectivity index (χ1n) is 9.09. The molecule has 0 atom stereocenters. The summed E-state index contributed by atoms with van der Waals surface area (Å²) < 4.78 is 26.3. The highest BCUT2D eigenvalue weighted by Crippen LogP contribution is 2.27. The fourth-order valence-corrected chi connectivity index (χ4v) is 3.13. The lowest BCUT2D eigenvalue weighted by molar-refractivity contribution is 0.296. The predicted molar refractivity (Wildman–Crippen MR) is 107 cm³/mol. The first-order chi connectivity index (χ1) is 14.7. The van der Waals surface area contributed by atoms with Gasteiger partial charge in [0, 0.05) is 29.4 Å². The van der Waals surface area contributed by atoms with Gasteiger partial charge in [-0.3, -0.25) is 9.97 Å². The zero-order valence-electron chi connectivity index (χ0n) is 15.9. The fraction of sp³-hybridized carbons (Fsp3) is 0.0952. The Bertz CT molecular complexity index is 1370. The number of aromatic nitrogens is 6. The number of pyridine rings is 2. The average molecular weight is 402 g/mol. The number of hydrogen-bond acceptors (Lipinski definition) is 7. The van der Waals surface area contributed by atoms with E-state index < -0.39 is 5.82 Å². The molecule has 0 saturated heterocycles. The molecule has 8 nitrogen and oxygen atoms in total. The molecular weight excluding hydrogens is 387 g/mol. The number of hydrogen-bond donors (Lipinski definition) is 0. The van der Waals surface area contributed by atoms with E-state index in [0.29, 0.717) is 28.5 Å². The van der Waals surface area contributed by atoms with Crippen molar-refractivity contribution in [3.05, 3.63) is 72.7 Å².